The standard InChI is InChI=1S/C21H35N3O2/c1-13-5-3-4-6-18(13)22-14(2)19(25)23-20(26)24-21-10-15-7-16(11-21)9-17(8-15)12-21/h13-18,22H,3-12H2,1-2H3,(H2,23,24,25,26)/t13-,14+,15?,16?,17?,18-,21?/m1/s1. The Kier molecular flexibility index (Phi) is 5.02. The molecule has 26 heavy (non-hydrogen) atoms. The van der Waals surface area contributed by atoms with Crippen LogP contribution in [-0.2, 0) is 4.79 Å². The predicted molar refractivity (Wildman–Crippen MR) is 102 cm³/mol. The molecule has 3 atom stereocenters. The molecule has 5 rings (SSSR count). The minimum atomic E-state index is -0.331. The van der Waals surface area contributed by atoms with E-state index in [1.54, 1.807) is 0 Å². The van der Waals surface area contributed by atoms with E-state index in [0.717, 1.165) is 43.4 Å². The monoisotopic (exact) mass is 361 g/mol. The number of carbonyl (C=O) groups excluding carboxylic acids is 2. The maximum absolute atomic E-state index is 12.5. The Morgan fingerprint density at radius 1 is 0.962 bits per heavy atom. The van der Waals surface area contributed by atoms with Gasteiger partial charge in [0.05, 0.1) is 6.04 Å². The van der Waals surface area contributed by atoms with Gasteiger partial charge in [0.2, 0.25) is 5.91 Å². The molecule has 0 unspecified atom stereocenters. The van der Waals surface area contributed by atoms with Crippen LogP contribution in [0.2, 0.25) is 0 Å². The van der Waals surface area contributed by atoms with E-state index in [-0.39, 0.29) is 23.5 Å². The molecule has 0 radical (unpaired) electrons. The van der Waals surface area contributed by atoms with Crippen LogP contribution in [0.3, 0.4) is 0 Å². The van der Waals surface area contributed by atoms with E-state index in [1.165, 1.54) is 38.5 Å². The first kappa shape index (κ1) is 18.3. The molecule has 5 nitrogen and oxygen atoms in total. The molecular weight excluding hydrogens is 326 g/mol. The van der Waals surface area contributed by atoms with E-state index in [4.69, 9.17) is 0 Å². The molecule has 5 heteroatoms. The van der Waals surface area contributed by atoms with E-state index in [2.05, 4.69) is 22.9 Å². The summed E-state index contributed by atoms with van der Waals surface area (Å²) in [4.78, 5) is 25.0. The highest BCUT2D eigenvalue weighted by Crippen LogP contribution is 2.55. The van der Waals surface area contributed by atoms with Gasteiger partial charge in [0.15, 0.2) is 0 Å². The Balaban J connectivity index is 1.28. The third-order valence-electron chi connectivity index (χ3n) is 7.62. The summed E-state index contributed by atoms with van der Waals surface area (Å²) in [5, 5.41) is 9.27. The lowest BCUT2D eigenvalue weighted by Gasteiger charge is -2.56. The lowest BCUT2D eigenvalue weighted by Crippen LogP contribution is -2.62. The Bertz CT molecular complexity index is 526. The summed E-state index contributed by atoms with van der Waals surface area (Å²) in [6.45, 7) is 4.12. The van der Waals surface area contributed by atoms with Crippen molar-refractivity contribution in [3.63, 3.8) is 0 Å². The number of carbonyl (C=O) groups is 2. The van der Waals surface area contributed by atoms with Crippen LogP contribution in [0, 0.1) is 23.7 Å². The molecule has 5 aliphatic rings. The van der Waals surface area contributed by atoms with Crippen molar-refractivity contribution in [2.45, 2.75) is 95.7 Å². The smallest absolute Gasteiger partial charge is 0.321 e. The quantitative estimate of drug-likeness (QED) is 0.719. The van der Waals surface area contributed by atoms with Gasteiger partial charge in [0.25, 0.3) is 0 Å². The molecule has 0 aromatic carbocycles. The highest BCUT2D eigenvalue weighted by Gasteiger charge is 2.51. The Morgan fingerprint density at radius 3 is 2.12 bits per heavy atom. The van der Waals surface area contributed by atoms with Gasteiger partial charge in [0.1, 0.15) is 0 Å². The van der Waals surface area contributed by atoms with E-state index in [0.29, 0.717) is 12.0 Å². The van der Waals surface area contributed by atoms with Gasteiger partial charge in [-0.2, -0.15) is 0 Å². The molecule has 3 N–H and O–H groups in total. The lowest BCUT2D eigenvalue weighted by molar-refractivity contribution is -0.122. The fraction of sp³-hybridized carbons (Fsp3) is 0.905. The van der Waals surface area contributed by atoms with E-state index < -0.39 is 0 Å². The van der Waals surface area contributed by atoms with Crippen LogP contribution in [0.1, 0.15) is 78.1 Å². The van der Waals surface area contributed by atoms with Crippen LogP contribution >= 0.6 is 0 Å². The van der Waals surface area contributed by atoms with Crippen molar-refractivity contribution in [2.75, 3.05) is 0 Å². The number of imide groups is 1. The summed E-state index contributed by atoms with van der Waals surface area (Å²) in [6, 6.07) is -0.235. The third kappa shape index (κ3) is 3.78. The van der Waals surface area contributed by atoms with Gasteiger partial charge in [0, 0.05) is 11.6 Å². The minimum absolute atomic E-state index is 0.0480. The second-order valence-electron chi connectivity index (χ2n) is 9.90. The van der Waals surface area contributed by atoms with Crippen molar-refractivity contribution < 1.29 is 9.59 Å². The highest BCUT2D eigenvalue weighted by atomic mass is 16.2. The number of amides is 3. The summed E-state index contributed by atoms with van der Waals surface area (Å²) in [5.74, 6) is 2.74. The summed E-state index contributed by atoms with van der Waals surface area (Å²) in [7, 11) is 0. The molecule has 5 fully saturated rings. The molecule has 0 aliphatic heterocycles. The molecule has 0 spiro atoms. The third-order valence-corrected chi connectivity index (χ3v) is 7.62. The van der Waals surface area contributed by atoms with Crippen molar-refractivity contribution in [2.24, 2.45) is 23.7 Å². The van der Waals surface area contributed by atoms with Gasteiger partial charge in [-0.25, -0.2) is 4.79 Å². The van der Waals surface area contributed by atoms with Gasteiger partial charge in [-0.15, -0.1) is 0 Å². The number of nitrogens with one attached hydrogen (secondary N) is 3. The highest BCUT2D eigenvalue weighted by molar-refractivity contribution is 5.97. The molecule has 4 bridgehead atoms. The average Bonchev–Trinajstić information content (AvgIpc) is 2.54. The summed E-state index contributed by atoms with van der Waals surface area (Å²) >= 11 is 0. The maximum Gasteiger partial charge on any atom is 0.321 e. The molecule has 5 aliphatic carbocycles. The second kappa shape index (κ2) is 7.14. The lowest BCUT2D eigenvalue weighted by atomic mass is 9.53. The molecule has 3 amide bonds. The van der Waals surface area contributed by atoms with Crippen molar-refractivity contribution in [3.05, 3.63) is 0 Å². The zero-order chi connectivity index (χ0) is 18.3. The number of rotatable bonds is 4. The Hall–Kier alpha value is -1.10. The molecule has 0 heterocycles. The van der Waals surface area contributed by atoms with E-state index in [1.807, 2.05) is 6.92 Å². The SMILES string of the molecule is C[C@H](N[C@@H]1CCCC[C@H]1C)C(=O)NC(=O)NC12CC3CC(CC(C3)C1)C2. The first-order chi connectivity index (χ1) is 12.4. The molecule has 0 aromatic rings. The van der Waals surface area contributed by atoms with Gasteiger partial charge in [-0.1, -0.05) is 19.8 Å². The summed E-state index contributed by atoms with van der Waals surface area (Å²) in [5.41, 5.74) is -0.0480. The molecule has 5 saturated carbocycles. The first-order valence-electron chi connectivity index (χ1n) is 10.8. The minimum Gasteiger partial charge on any atom is -0.332 e. The summed E-state index contributed by atoms with van der Waals surface area (Å²) in [6.07, 6.45) is 12.2. The van der Waals surface area contributed by atoms with Crippen LogP contribution < -0.4 is 16.0 Å². The van der Waals surface area contributed by atoms with Crippen molar-refractivity contribution in [1.29, 1.82) is 0 Å². The van der Waals surface area contributed by atoms with Gasteiger partial charge >= 0.3 is 6.03 Å². The van der Waals surface area contributed by atoms with Crippen molar-refractivity contribution in [1.82, 2.24) is 16.0 Å². The van der Waals surface area contributed by atoms with Crippen LogP contribution in [0.15, 0.2) is 0 Å². The van der Waals surface area contributed by atoms with Crippen LogP contribution in [0.5, 0.6) is 0 Å². The van der Waals surface area contributed by atoms with Crippen LogP contribution in [0.25, 0.3) is 0 Å². The van der Waals surface area contributed by atoms with E-state index >= 15 is 0 Å². The second-order valence-corrected chi connectivity index (χ2v) is 9.90. The van der Waals surface area contributed by atoms with Gasteiger partial charge in [-0.3, -0.25) is 10.1 Å². The molecular formula is C21H35N3O2. The number of hydrogen-bond acceptors (Lipinski definition) is 3. The Labute approximate surface area is 157 Å². The normalized spacial score (nSPS) is 42.3. The molecule has 0 aromatic heterocycles. The topological polar surface area (TPSA) is 70.2 Å². The zero-order valence-electron chi connectivity index (χ0n) is 16.4. The van der Waals surface area contributed by atoms with Crippen LogP contribution in [0.4, 0.5) is 4.79 Å². The van der Waals surface area contributed by atoms with Gasteiger partial charge < -0.3 is 10.6 Å². The fourth-order valence-electron chi connectivity index (χ4n) is 6.72. The van der Waals surface area contributed by atoms with Gasteiger partial charge in [-0.05, 0) is 82.0 Å². The summed E-state index contributed by atoms with van der Waals surface area (Å²) < 4.78 is 0. The molecule has 146 valence electrons. The first-order valence-corrected chi connectivity index (χ1v) is 10.8. The van der Waals surface area contributed by atoms with Crippen molar-refractivity contribution in [3.8, 4) is 0 Å². The average molecular weight is 362 g/mol. The Morgan fingerprint density at radius 2 is 1.54 bits per heavy atom. The number of hydrogen-bond donors (Lipinski definition) is 3. The fourth-order valence-corrected chi connectivity index (χ4v) is 6.72. The zero-order valence-corrected chi connectivity index (χ0v) is 16.4. The number of urea groups is 1. The van der Waals surface area contributed by atoms with E-state index in [9.17, 15) is 9.59 Å². The maximum atomic E-state index is 12.5. The molecule has 0 saturated heterocycles. The van der Waals surface area contributed by atoms with Crippen molar-refractivity contribution >= 4 is 11.9 Å². The largest absolute Gasteiger partial charge is 0.332 e. The predicted octanol–water partition coefficient (Wildman–Crippen LogP) is 3.34. The van der Waals surface area contributed by atoms with Crippen LogP contribution in [-0.4, -0.2) is 29.6 Å².